The third-order valence-corrected chi connectivity index (χ3v) is 3.98. The van der Waals surface area contributed by atoms with Gasteiger partial charge in [-0.1, -0.05) is 13.3 Å². The molecule has 6 nitrogen and oxygen atoms in total. The summed E-state index contributed by atoms with van der Waals surface area (Å²) in [6.45, 7) is 3.52. The van der Waals surface area contributed by atoms with Crippen molar-refractivity contribution in [3.8, 4) is 0 Å². The molecule has 2 rings (SSSR count). The summed E-state index contributed by atoms with van der Waals surface area (Å²) in [6, 6.07) is 4.56. The monoisotopic (exact) mass is 291 g/mol. The van der Waals surface area contributed by atoms with Crippen molar-refractivity contribution in [3.63, 3.8) is 0 Å². The Bertz CT molecular complexity index is 545. The second-order valence-corrected chi connectivity index (χ2v) is 5.43. The minimum Gasteiger partial charge on any atom is -0.388 e. The minimum atomic E-state index is -0.494. The van der Waals surface area contributed by atoms with Gasteiger partial charge in [0.25, 0.3) is 11.6 Å². The largest absolute Gasteiger partial charge is 0.388 e. The molecule has 114 valence electrons. The van der Waals surface area contributed by atoms with Crippen LogP contribution in [0.5, 0.6) is 0 Å². The summed E-state index contributed by atoms with van der Waals surface area (Å²) >= 11 is 0. The molecule has 1 heterocycles. The Hall–Kier alpha value is -2.11. The highest BCUT2D eigenvalue weighted by atomic mass is 16.6. The number of carbonyl (C=O) groups is 1. The van der Waals surface area contributed by atoms with E-state index in [-0.39, 0.29) is 17.2 Å². The lowest BCUT2D eigenvalue weighted by atomic mass is 10.0. The Morgan fingerprint density at radius 2 is 2.29 bits per heavy atom. The molecule has 1 N–H and O–H groups in total. The van der Waals surface area contributed by atoms with Gasteiger partial charge in [-0.15, -0.1) is 0 Å². The molecule has 0 bridgehead atoms. The fraction of sp³-hybridized carbons (Fsp3) is 0.533. The van der Waals surface area contributed by atoms with E-state index in [1.807, 2.05) is 0 Å². The normalized spacial score (nSPS) is 17.8. The highest BCUT2D eigenvalue weighted by Gasteiger charge is 2.30. The van der Waals surface area contributed by atoms with E-state index in [4.69, 9.17) is 0 Å². The molecule has 1 unspecified atom stereocenters. The average Bonchev–Trinajstić information content (AvgIpc) is 2.94. The maximum Gasteiger partial charge on any atom is 0.282 e. The summed E-state index contributed by atoms with van der Waals surface area (Å²) in [6.07, 6.45) is 3.18. The molecule has 1 amide bonds. The molecule has 0 aromatic heterocycles. The Morgan fingerprint density at radius 3 is 2.90 bits per heavy atom. The summed E-state index contributed by atoms with van der Waals surface area (Å²) in [5.74, 6) is 0.280. The summed E-state index contributed by atoms with van der Waals surface area (Å²) in [4.78, 5) is 25.0. The van der Waals surface area contributed by atoms with Crippen LogP contribution in [0.2, 0.25) is 0 Å². The van der Waals surface area contributed by atoms with E-state index in [0.29, 0.717) is 24.7 Å². The topological polar surface area (TPSA) is 75.5 Å². The summed E-state index contributed by atoms with van der Waals surface area (Å²) in [7, 11) is 1.72. The third-order valence-electron chi connectivity index (χ3n) is 3.98. The van der Waals surface area contributed by atoms with Crippen molar-refractivity contribution >= 4 is 17.3 Å². The molecule has 1 saturated heterocycles. The van der Waals surface area contributed by atoms with E-state index in [2.05, 4.69) is 12.2 Å². The van der Waals surface area contributed by atoms with Gasteiger partial charge in [-0.3, -0.25) is 14.9 Å². The quantitative estimate of drug-likeness (QED) is 0.668. The summed E-state index contributed by atoms with van der Waals surface area (Å²) in [5, 5.41) is 14.0. The number of benzene rings is 1. The van der Waals surface area contributed by atoms with Crippen molar-refractivity contribution in [1.29, 1.82) is 0 Å². The Morgan fingerprint density at radius 1 is 1.52 bits per heavy atom. The van der Waals surface area contributed by atoms with Crippen LogP contribution < -0.4 is 5.32 Å². The van der Waals surface area contributed by atoms with E-state index in [9.17, 15) is 14.9 Å². The molecule has 0 aliphatic carbocycles. The van der Waals surface area contributed by atoms with Crippen LogP contribution >= 0.6 is 0 Å². The molecule has 1 aromatic carbocycles. The van der Waals surface area contributed by atoms with Crippen LogP contribution in [-0.4, -0.2) is 35.9 Å². The molecule has 1 aliphatic rings. The summed E-state index contributed by atoms with van der Waals surface area (Å²) in [5.41, 5.74) is 0.746. The van der Waals surface area contributed by atoms with E-state index < -0.39 is 4.92 Å². The number of carbonyl (C=O) groups excluding carboxylic acids is 1. The number of hydrogen-bond acceptors (Lipinski definition) is 4. The van der Waals surface area contributed by atoms with Crippen LogP contribution in [0.1, 0.15) is 36.5 Å². The fourth-order valence-corrected chi connectivity index (χ4v) is 2.85. The number of likely N-dealkylation sites (tertiary alicyclic amines) is 1. The van der Waals surface area contributed by atoms with Gasteiger partial charge >= 0.3 is 0 Å². The summed E-state index contributed by atoms with van der Waals surface area (Å²) < 4.78 is 0. The van der Waals surface area contributed by atoms with Crippen LogP contribution in [0.3, 0.4) is 0 Å². The van der Waals surface area contributed by atoms with Gasteiger partial charge < -0.3 is 10.2 Å². The molecule has 0 spiro atoms. The molecule has 1 aliphatic heterocycles. The predicted octanol–water partition coefficient (Wildman–Crippen LogP) is 2.90. The van der Waals surface area contributed by atoms with Crippen LogP contribution in [0.25, 0.3) is 0 Å². The molecule has 21 heavy (non-hydrogen) atoms. The zero-order valence-corrected chi connectivity index (χ0v) is 12.5. The first kappa shape index (κ1) is 15.3. The van der Waals surface area contributed by atoms with Crippen LogP contribution in [-0.2, 0) is 0 Å². The average molecular weight is 291 g/mol. The van der Waals surface area contributed by atoms with E-state index >= 15 is 0 Å². The van der Waals surface area contributed by atoms with Gasteiger partial charge in [-0.2, -0.15) is 0 Å². The van der Waals surface area contributed by atoms with Crippen LogP contribution in [0.4, 0.5) is 11.4 Å². The lowest BCUT2D eigenvalue weighted by molar-refractivity contribution is -0.385. The second-order valence-electron chi connectivity index (χ2n) is 5.43. The molecule has 0 radical (unpaired) electrons. The first-order valence-electron chi connectivity index (χ1n) is 7.32. The lowest BCUT2D eigenvalue weighted by Crippen LogP contribution is -2.29. The predicted molar refractivity (Wildman–Crippen MR) is 81.6 cm³/mol. The number of nitro groups is 1. The van der Waals surface area contributed by atoms with Gasteiger partial charge in [-0.25, -0.2) is 0 Å². The molecular weight excluding hydrogens is 270 g/mol. The standard InChI is InChI=1S/C15H21N3O3/c1-3-4-11-7-8-17(10-11)15(19)13-9-12(16-2)5-6-14(13)18(20)21/h5-6,9,11,16H,3-4,7-8,10H2,1-2H3. The lowest BCUT2D eigenvalue weighted by Gasteiger charge is -2.17. The van der Waals surface area contributed by atoms with Gasteiger partial charge in [0.15, 0.2) is 0 Å². The number of amides is 1. The SMILES string of the molecule is CCCC1CCN(C(=O)c2cc(NC)ccc2[N+](=O)[O-])C1. The molecular formula is C15H21N3O3. The zero-order chi connectivity index (χ0) is 15.4. The van der Waals surface area contributed by atoms with E-state index in [1.165, 1.54) is 6.07 Å². The van der Waals surface area contributed by atoms with Crippen molar-refractivity contribution in [2.45, 2.75) is 26.2 Å². The van der Waals surface area contributed by atoms with Crippen molar-refractivity contribution in [2.24, 2.45) is 5.92 Å². The zero-order valence-electron chi connectivity index (χ0n) is 12.5. The van der Waals surface area contributed by atoms with Gasteiger partial charge in [-0.05, 0) is 30.9 Å². The smallest absolute Gasteiger partial charge is 0.282 e. The third kappa shape index (κ3) is 3.32. The Kier molecular flexibility index (Phi) is 4.77. The molecule has 1 aromatic rings. The number of nitro benzene ring substituents is 1. The van der Waals surface area contributed by atoms with Crippen LogP contribution in [0, 0.1) is 16.0 Å². The van der Waals surface area contributed by atoms with Gasteiger partial charge in [0.2, 0.25) is 0 Å². The number of nitrogens with one attached hydrogen (secondary N) is 1. The number of nitrogens with zero attached hydrogens (tertiary/aromatic N) is 2. The van der Waals surface area contributed by atoms with Crippen LogP contribution in [0.15, 0.2) is 18.2 Å². The first-order valence-corrected chi connectivity index (χ1v) is 7.32. The maximum absolute atomic E-state index is 12.6. The molecule has 6 heteroatoms. The minimum absolute atomic E-state index is 0.127. The second kappa shape index (κ2) is 6.56. The first-order chi connectivity index (χ1) is 10.1. The van der Waals surface area contributed by atoms with E-state index in [1.54, 1.807) is 24.1 Å². The Labute approximate surface area is 124 Å². The molecule has 0 saturated carbocycles. The van der Waals surface area contributed by atoms with E-state index in [0.717, 1.165) is 19.3 Å². The number of rotatable bonds is 5. The van der Waals surface area contributed by atoms with Gasteiger partial charge in [0.05, 0.1) is 4.92 Å². The van der Waals surface area contributed by atoms with Crippen molar-refractivity contribution < 1.29 is 9.72 Å². The highest BCUT2D eigenvalue weighted by molar-refractivity contribution is 5.99. The maximum atomic E-state index is 12.6. The van der Waals surface area contributed by atoms with Crippen molar-refractivity contribution in [3.05, 3.63) is 33.9 Å². The van der Waals surface area contributed by atoms with Gasteiger partial charge in [0, 0.05) is 31.9 Å². The molecule has 1 atom stereocenters. The Balaban J connectivity index is 2.24. The van der Waals surface area contributed by atoms with Crippen molar-refractivity contribution in [1.82, 2.24) is 4.90 Å². The number of hydrogen-bond donors (Lipinski definition) is 1. The van der Waals surface area contributed by atoms with Gasteiger partial charge in [0.1, 0.15) is 5.56 Å². The highest BCUT2D eigenvalue weighted by Crippen LogP contribution is 2.27. The number of anilines is 1. The fourth-order valence-electron chi connectivity index (χ4n) is 2.85. The molecule has 1 fully saturated rings. The van der Waals surface area contributed by atoms with Crippen molar-refractivity contribution in [2.75, 3.05) is 25.5 Å².